The van der Waals surface area contributed by atoms with Crippen molar-refractivity contribution in [3.63, 3.8) is 0 Å². The quantitative estimate of drug-likeness (QED) is 0.160. The Balaban J connectivity index is 1.57. The lowest BCUT2D eigenvalue weighted by Gasteiger charge is -2.39. The number of carbonyl (C=O) groups excluding carboxylic acids is 4. The summed E-state index contributed by atoms with van der Waals surface area (Å²) >= 11 is 5.54. The Morgan fingerprint density at radius 3 is 2.38 bits per heavy atom. The van der Waals surface area contributed by atoms with Gasteiger partial charge >= 0.3 is 11.9 Å². The van der Waals surface area contributed by atoms with Crippen LogP contribution in [0.15, 0.2) is 42.5 Å². The third-order valence-corrected chi connectivity index (χ3v) is 8.93. The number of para-hydroxylation sites is 1. The lowest BCUT2D eigenvalue weighted by molar-refractivity contribution is -0.146. The summed E-state index contributed by atoms with van der Waals surface area (Å²) in [6.45, 7) is 5.50. The molecule has 13 nitrogen and oxygen atoms in total. The maximum absolute atomic E-state index is 14.4. The van der Waals surface area contributed by atoms with Gasteiger partial charge in [-0.15, -0.1) is 0 Å². The molecule has 50 heavy (non-hydrogen) atoms. The number of hydrogen-bond donors (Lipinski definition) is 6. The standard InChI is InChI=1S/C36H42ClN5O8/c1-20(2)31(41-33(47)27(9-6-10-29(43)44)40-34(48)28-18-23-7-4-5-8-26(23)39-28)36(50)42-16-14-22-17-21(3)11-12-25(22)32(42)35(49)38-24(13-15-37)19-30(45)46/h4-5,7-8,11-12,17,20,24,27-28,31-32,39H,6,9-10,14,16,18-19H2,1-3H3,(H,38,49)(H,40,48)(H,41,47)(H,43,44)(H,45,46)/t24-,27+,28?,31+,32+/m1/s1. The van der Waals surface area contributed by atoms with Crippen molar-refractivity contribution in [3.05, 3.63) is 64.7 Å². The number of aryl methyl sites for hydroxylation is 1. The van der Waals surface area contributed by atoms with Gasteiger partial charge in [-0.25, -0.2) is 0 Å². The number of nitrogens with one attached hydrogen (secondary N) is 4. The van der Waals surface area contributed by atoms with Crippen LogP contribution in [-0.4, -0.2) is 81.4 Å². The molecule has 0 radical (unpaired) electrons. The molecule has 4 amide bonds. The van der Waals surface area contributed by atoms with E-state index >= 15 is 0 Å². The van der Waals surface area contributed by atoms with Gasteiger partial charge in [0.1, 0.15) is 30.2 Å². The van der Waals surface area contributed by atoms with Gasteiger partial charge in [-0.3, -0.25) is 28.8 Å². The van der Waals surface area contributed by atoms with E-state index in [2.05, 4.69) is 32.6 Å². The molecule has 0 saturated carbocycles. The van der Waals surface area contributed by atoms with E-state index in [0.29, 0.717) is 18.4 Å². The Bertz CT molecular complexity index is 1680. The highest BCUT2D eigenvalue weighted by atomic mass is 35.5. The normalized spacial score (nSPS) is 17.8. The fourth-order valence-electron chi connectivity index (χ4n) is 6.31. The molecule has 2 heterocycles. The number of rotatable bonds is 14. The summed E-state index contributed by atoms with van der Waals surface area (Å²) in [5, 5.41) is 32.0. The van der Waals surface area contributed by atoms with Gasteiger partial charge in [-0.05, 0) is 66.5 Å². The van der Waals surface area contributed by atoms with Crippen molar-refractivity contribution in [2.75, 3.05) is 11.9 Å². The molecule has 0 saturated heterocycles. The topological polar surface area (TPSA) is 194 Å². The zero-order valence-electron chi connectivity index (χ0n) is 28.1. The SMILES string of the molecule is Cc1ccc2c(c1)CCN(C(=O)[C@@H](NC(=O)[C@H](CCCC(=O)O)NC(=O)C1Cc3ccccc3N1)C(C)C)[C@@H]2C(=O)N[C@H](C#CCl)CC(=O)O. The molecule has 266 valence electrons. The van der Waals surface area contributed by atoms with E-state index in [9.17, 15) is 39.0 Å². The molecule has 2 aromatic carbocycles. The Morgan fingerprint density at radius 1 is 0.980 bits per heavy atom. The molecular weight excluding hydrogens is 666 g/mol. The molecule has 0 spiro atoms. The highest BCUT2D eigenvalue weighted by molar-refractivity contribution is 6.30. The number of nitrogens with zero attached hydrogens (tertiary/aromatic N) is 1. The molecule has 5 atom stereocenters. The summed E-state index contributed by atoms with van der Waals surface area (Å²) < 4.78 is 0. The summed E-state index contributed by atoms with van der Waals surface area (Å²) in [5.41, 5.74) is 4.12. The average Bonchev–Trinajstić information content (AvgIpc) is 3.50. The van der Waals surface area contributed by atoms with Crippen molar-refractivity contribution in [3.8, 4) is 11.3 Å². The van der Waals surface area contributed by atoms with E-state index in [1.807, 2.05) is 43.3 Å². The molecule has 14 heteroatoms. The first-order chi connectivity index (χ1) is 23.8. The third-order valence-electron chi connectivity index (χ3n) is 8.82. The number of anilines is 1. The van der Waals surface area contributed by atoms with Crippen molar-refractivity contribution in [1.29, 1.82) is 0 Å². The summed E-state index contributed by atoms with van der Waals surface area (Å²) in [4.78, 5) is 79.4. The summed E-state index contributed by atoms with van der Waals surface area (Å²) in [7, 11) is 0. The molecule has 4 rings (SSSR count). The zero-order chi connectivity index (χ0) is 36.5. The molecular formula is C36H42ClN5O8. The minimum Gasteiger partial charge on any atom is -0.481 e. The molecule has 6 N–H and O–H groups in total. The number of benzene rings is 2. The van der Waals surface area contributed by atoms with Crippen molar-refractivity contribution >= 4 is 52.9 Å². The Kier molecular flexibility index (Phi) is 12.8. The van der Waals surface area contributed by atoms with Crippen molar-refractivity contribution in [2.45, 2.75) is 89.5 Å². The Labute approximate surface area is 295 Å². The smallest absolute Gasteiger partial charge is 0.306 e. The van der Waals surface area contributed by atoms with Gasteiger partial charge in [-0.1, -0.05) is 61.7 Å². The Morgan fingerprint density at radius 2 is 1.72 bits per heavy atom. The van der Waals surface area contributed by atoms with Crippen LogP contribution in [0.5, 0.6) is 0 Å². The van der Waals surface area contributed by atoms with Gasteiger partial charge in [0.25, 0.3) is 0 Å². The van der Waals surface area contributed by atoms with Gasteiger partial charge in [0, 0.05) is 30.5 Å². The van der Waals surface area contributed by atoms with E-state index in [1.54, 1.807) is 19.9 Å². The number of hydrogen-bond acceptors (Lipinski definition) is 7. The maximum atomic E-state index is 14.4. The van der Waals surface area contributed by atoms with Crippen LogP contribution in [0.1, 0.15) is 67.8 Å². The number of carboxylic acids is 2. The van der Waals surface area contributed by atoms with Gasteiger partial charge in [0.05, 0.1) is 6.42 Å². The van der Waals surface area contributed by atoms with E-state index in [1.165, 1.54) is 4.90 Å². The Hall–Kier alpha value is -5.09. The molecule has 2 aromatic rings. The number of aliphatic carboxylic acids is 2. The molecule has 1 unspecified atom stereocenters. The molecule has 0 fully saturated rings. The zero-order valence-corrected chi connectivity index (χ0v) is 28.9. The van der Waals surface area contributed by atoms with E-state index < -0.39 is 78.1 Å². The van der Waals surface area contributed by atoms with Crippen LogP contribution in [0.2, 0.25) is 0 Å². The van der Waals surface area contributed by atoms with Crippen molar-refractivity contribution in [2.24, 2.45) is 5.92 Å². The second-order valence-electron chi connectivity index (χ2n) is 12.9. The number of carboxylic acid groups (broad SMARTS) is 2. The highest BCUT2D eigenvalue weighted by Crippen LogP contribution is 2.32. The fourth-order valence-corrected chi connectivity index (χ4v) is 6.44. The first-order valence-electron chi connectivity index (χ1n) is 16.5. The molecule has 0 bridgehead atoms. The maximum Gasteiger partial charge on any atom is 0.306 e. The fraction of sp³-hybridized carbons (Fsp3) is 0.444. The first-order valence-corrected chi connectivity index (χ1v) is 16.9. The summed E-state index contributed by atoms with van der Waals surface area (Å²) in [6.07, 6.45) is 0.197. The molecule has 2 aliphatic rings. The van der Waals surface area contributed by atoms with E-state index in [0.717, 1.165) is 22.4 Å². The van der Waals surface area contributed by atoms with Gasteiger partial charge in [-0.2, -0.15) is 0 Å². The second-order valence-corrected chi connectivity index (χ2v) is 13.1. The number of amides is 4. The van der Waals surface area contributed by atoms with Crippen LogP contribution in [0, 0.1) is 24.1 Å². The number of carbonyl (C=O) groups is 6. The summed E-state index contributed by atoms with van der Waals surface area (Å²) in [5.74, 6) is -2.57. The first kappa shape index (κ1) is 37.7. The van der Waals surface area contributed by atoms with Crippen LogP contribution in [-0.2, 0) is 41.6 Å². The third kappa shape index (κ3) is 9.53. The van der Waals surface area contributed by atoms with Crippen LogP contribution >= 0.6 is 11.6 Å². The highest BCUT2D eigenvalue weighted by Gasteiger charge is 2.41. The minimum absolute atomic E-state index is 0.0105. The average molecular weight is 708 g/mol. The van der Waals surface area contributed by atoms with Crippen LogP contribution in [0.3, 0.4) is 0 Å². The van der Waals surface area contributed by atoms with E-state index in [4.69, 9.17) is 11.6 Å². The second kappa shape index (κ2) is 17.0. The van der Waals surface area contributed by atoms with Crippen molar-refractivity contribution < 1.29 is 39.0 Å². The van der Waals surface area contributed by atoms with E-state index in [-0.39, 0.29) is 25.8 Å². The predicted octanol–water partition coefficient (Wildman–Crippen LogP) is 2.50. The molecule has 2 aliphatic heterocycles. The lowest BCUT2D eigenvalue weighted by atomic mass is 9.89. The predicted molar refractivity (Wildman–Crippen MR) is 185 cm³/mol. The number of fused-ring (bicyclic) bond motifs is 2. The lowest BCUT2D eigenvalue weighted by Crippen LogP contribution is -2.59. The van der Waals surface area contributed by atoms with Gasteiger partial charge in [0.2, 0.25) is 23.6 Å². The molecule has 0 aromatic heterocycles. The number of halogens is 1. The van der Waals surface area contributed by atoms with Crippen LogP contribution in [0.4, 0.5) is 5.69 Å². The largest absolute Gasteiger partial charge is 0.481 e. The van der Waals surface area contributed by atoms with Crippen LogP contribution in [0.25, 0.3) is 0 Å². The van der Waals surface area contributed by atoms with Gasteiger partial charge < -0.3 is 36.4 Å². The summed E-state index contributed by atoms with van der Waals surface area (Å²) in [6, 6.07) is 7.74. The minimum atomic E-state index is -1.21. The monoisotopic (exact) mass is 707 g/mol. The van der Waals surface area contributed by atoms with Crippen LogP contribution < -0.4 is 21.3 Å². The molecule has 0 aliphatic carbocycles. The van der Waals surface area contributed by atoms with Gasteiger partial charge in [0.15, 0.2) is 0 Å². The van der Waals surface area contributed by atoms with Crippen molar-refractivity contribution in [1.82, 2.24) is 20.9 Å².